The molecule has 0 saturated carbocycles. The summed E-state index contributed by atoms with van der Waals surface area (Å²) in [6.45, 7) is 9.04. The van der Waals surface area contributed by atoms with Crippen molar-refractivity contribution in [2.75, 3.05) is 40.6 Å². The van der Waals surface area contributed by atoms with E-state index in [9.17, 15) is 9.90 Å². The fourth-order valence-electron chi connectivity index (χ4n) is 4.98. The summed E-state index contributed by atoms with van der Waals surface area (Å²) in [6.07, 6.45) is -0.489. The maximum atomic E-state index is 13.4. The van der Waals surface area contributed by atoms with Gasteiger partial charge >= 0.3 is 6.09 Å². The molecule has 1 amide bonds. The maximum absolute atomic E-state index is 13.4. The average Bonchev–Trinajstić information content (AvgIpc) is 3.47. The average molecular weight is 661 g/mol. The molecule has 1 fully saturated rings. The van der Waals surface area contributed by atoms with Gasteiger partial charge in [0.1, 0.15) is 46.9 Å². The topological polar surface area (TPSA) is 118 Å². The lowest BCUT2D eigenvalue weighted by molar-refractivity contribution is -0.205. The minimum Gasteiger partial charge on any atom is -0.497 e. The van der Waals surface area contributed by atoms with Crippen LogP contribution in [0.1, 0.15) is 51.7 Å². The van der Waals surface area contributed by atoms with E-state index in [0.717, 1.165) is 35.5 Å². The number of hydrogen-bond donors (Lipinski definition) is 1. The highest BCUT2D eigenvalue weighted by atomic mass is 32.2. The van der Waals surface area contributed by atoms with E-state index < -0.39 is 41.5 Å². The lowest BCUT2D eigenvalue weighted by Gasteiger charge is -2.42. The van der Waals surface area contributed by atoms with Crippen molar-refractivity contribution in [2.45, 2.75) is 89.1 Å². The zero-order chi connectivity index (χ0) is 33.1. The number of benzene rings is 2. The fraction of sp³-hybridized carbons (Fsp3) is 0.588. The first-order valence-electron chi connectivity index (χ1n) is 15.7. The minimum atomic E-state index is -0.697. The van der Waals surface area contributed by atoms with Crippen LogP contribution in [-0.4, -0.2) is 97.2 Å². The van der Waals surface area contributed by atoms with Gasteiger partial charge in [-0.15, -0.1) is 0 Å². The normalized spacial score (nSPS) is 22.6. The Balaban J connectivity index is 1.59. The molecule has 46 heavy (non-hydrogen) atoms. The first-order chi connectivity index (χ1) is 22.1. The fourth-order valence-corrected chi connectivity index (χ4v) is 6.21. The molecule has 12 heteroatoms. The highest BCUT2D eigenvalue weighted by Gasteiger charge is 2.52. The van der Waals surface area contributed by atoms with E-state index in [0.29, 0.717) is 18.4 Å². The second-order valence-corrected chi connectivity index (χ2v) is 13.2. The molecular weight excluding hydrogens is 612 g/mol. The molecule has 0 spiro atoms. The third-order valence-corrected chi connectivity index (χ3v) is 8.58. The highest BCUT2D eigenvalue weighted by molar-refractivity contribution is 8.14. The van der Waals surface area contributed by atoms with Crippen LogP contribution in [-0.2, 0) is 36.9 Å². The van der Waals surface area contributed by atoms with Crippen molar-refractivity contribution in [3.63, 3.8) is 0 Å². The van der Waals surface area contributed by atoms with Gasteiger partial charge in [-0.05, 0) is 62.6 Å². The SMILES string of the molecule is CCCCOCCN(C(=O)OC(C)(C)C)C1=N[C@@H]2[C@@H](OCc3ccc(OC)cc3)[C@H](OCc3ccc(OC)cc3)[C@@H](CO)O[C@@H]2S1. The number of rotatable bonds is 15. The lowest BCUT2D eigenvalue weighted by Crippen LogP contribution is -2.57. The Morgan fingerprint density at radius 3 is 2.04 bits per heavy atom. The summed E-state index contributed by atoms with van der Waals surface area (Å²) >= 11 is 1.32. The molecule has 4 rings (SSSR count). The van der Waals surface area contributed by atoms with Crippen LogP contribution in [0.15, 0.2) is 53.5 Å². The number of aliphatic hydroxyl groups excluding tert-OH is 1. The smallest absolute Gasteiger partial charge is 0.416 e. The number of hydrogen-bond acceptors (Lipinski definition) is 11. The number of aliphatic imine (C=N–C) groups is 1. The van der Waals surface area contributed by atoms with E-state index in [1.165, 1.54) is 16.7 Å². The Morgan fingerprint density at radius 1 is 0.935 bits per heavy atom. The first kappa shape index (κ1) is 36.0. The summed E-state index contributed by atoms with van der Waals surface area (Å²) in [5, 5.41) is 10.9. The summed E-state index contributed by atoms with van der Waals surface area (Å²) in [5.41, 5.74) is 0.656. The largest absolute Gasteiger partial charge is 0.497 e. The standard InChI is InChI=1S/C34H48N2O9S/c1-7-8-18-41-19-17-36(33(38)45-34(2,3)4)32-35-28-30(43-22-24-11-15-26(40-6)16-12-24)29(27(20-37)44-31(28)46-32)42-21-23-9-13-25(39-5)14-10-23/h9-16,27-31,37H,7-8,17-22H2,1-6H3/t27-,28-,29-,30-,31-/m1/s1. The summed E-state index contributed by atoms with van der Waals surface area (Å²) in [4.78, 5) is 19.9. The minimum absolute atomic E-state index is 0.261. The molecule has 0 aromatic heterocycles. The zero-order valence-corrected chi connectivity index (χ0v) is 28.5. The predicted octanol–water partition coefficient (Wildman–Crippen LogP) is 5.42. The number of fused-ring (bicyclic) bond motifs is 1. The van der Waals surface area contributed by atoms with Crippen LogP contribution in [0.2, 0.25) is 0 Å². The van der Waals surface area contributed by atoms with Crippen molar-refractivity contribution in [1.82, 2.24) is 4.90 Å². The summed E-state index contributed by atoms with van der Waals surface area (Å²) in [6, 6.07) is 14.7. The molecule has 2 aromatic rings. The molecule has 254 valence electrons. The van der Waals surface area contributed by atoms with Crippen LogP contribution in [0.25, 0.3) is 0 Å². The van der Waals surface area contributed by atoms with Gasteiger partial charge in [0.2, 0.25) is 0 Å². The highest BCUT2D eigenvalue weighted by Crippen LogP contribution is 2.40. The summed E-state index contributed by atoms with van der Waals surface area (Å²) < 4.78 is 41.5. The second kappa shape index (κ2) is 17.3. The number of carbonyl (C=O) groups is 1. The van der Waals surface area contributed by atoms with Gasteiger partial charge < -0.3 is 38.3 Å². The van der Waals surface area contributed by atoms with Crippen molar-refractivity contribution in [2.24, 2.45) is 4.99 Å². The molecule has 2 aliphatic rings. The number of amides is 1. The molecule has 5 atom stereocenters. The third kappa shape index (κ3) is 10.1. The van der Waals surface area contributed by atoms with Crippen molar-refractivity contribution < 1.29 is 43.1 Å². The van der Waals surface area contributed by atoms with Gasteiger partial charge in [0.25, 0.3) is 0 Å². The first-order valence-corrected chi connectivity index (χ1v) is 16.6. The summed E-state index contributed by atoms with van der Waals surface area (Å²) in [5.74, 6) is 1.50. The van der Waals surface area contributed by atoms with Crippen LogP contribution in [0.4, 0.5) is 4.79 Å². The molecular formula is C34H48N2O9S. The van der Waals surface area contributed by atoms with Crippen molar-refractivity contribution in [3.8, 4) is 11.5 Å². The van der Waals surface area contributed by atoms with Crippen LogP contribution in [0.5, 0.6) is 11.5 Å². The number of methoxy groups -OCH3 is 2. The predicted molar refractivity (Wildman–Crippen MR) is 176 cm³/mol. The number of nitrogens with zero attached hydrogens (tertiary/aromatic N) is 2. The second-order valence-electron chi connectivity index (χ2n) is 12.1. The van der Waals surface area contributed by atoms with Gasteiger partial charge in [-0.2, -0.15) is 0 Å². The molecule has 0 unspecified atom stereocenters. The van der Waals surface area contributed by atoms with E-state index in [4.69, 9.17) is 38.2 Å². The molecule has 2 aromatic carbocycles. The van der Waals surface area contributed by atoms with Gasteiger partial charge in [-0.25, -0.2) is 4.79 Å². The molecule has 0 radical (unpaired) electrons. The van der Waals surface area contributed by atoms with Crippen molar-refractivity contribution in [1.29, 1.82) is 0 Å². The molecule has 2 aliphatic heterocycles. The number of aliphatic hydroxyl groups is 1. The molecule has 11 nitrogen and oxygen atoms in total. The van der Waals surface area contributed by atoms with Crippen molar-refractivity contribution >= 4 is 23.0 Å². The van der Waals surface area contributed by atoms with E-state index in [1.54, 1.807) is 14.2 Å². The number of amidine groups is 1. The summed E-state index contributed by atoms with van der Waals surface area (Å²) in [7, 11) is 3.24. The van der Waals surface area contributed by atoms with E-state index in [1.807, 2.05) is 69.3 Å². The van der Waals surface area contributed by atoms with E-state index in [-0.39, 0.29) is 26.4 Å². The van der Waals surface area contributed by atoms with Gasteiger partial charge in [0.15, 0.2) is 5.17 Å². The van der Waals surface area contributed by atoms with Gasteiger partial charge in [0.05, 0.1) is 47.2 Å². The van der Waals surface area contributed by atoms with Gasteiger partial charge in [-0.1, -0.05) is 49.4 Å². The quantitative estimate of drug-likeness (QED) is 0.248. The molecule has 0 aliphatic carbocycles. The lowest BCUT2D eigenvalue weighted by atomic mass is 9.97. The van der Waals surface area contributed by atoms with Crippen LogP contribution < -0.4 is 9.47 Å². The zero-order valence-electron chi connectivity index (χ0n) is 27.7. The Labute approximate surface area is 276 Å². The Hall–Kier alpha value is -2.87. The van der Waals surface area contributed by atoms with Crippen molar-refractivity contribution in [3.05, 3.63) is 59.7 Å². The molecule has 0 bridgehead atoms. The van der Waals surface area contributed by atoms with Crippen LogP contribution in [0, 0.1) is 0 Å². The third-order valence-electron chi connectivity index (χ3n) is 7.42. The van der Waals surface area contributed by atoms with Gasteiger partial charge in [-0.3, -0.25) is 9.89 Å². The Morgan fingerprint density at radius 2 is 1.52 bits per heavy atom. The van der Waals surface area contributed by atoms with E-state index >= 15 is 0 Å². The Kier molecular flexibility index (Phi) is 13.6. The molecule has 1 saturated heterocycles. The number of carbonyl (C=O) groups excluding carboxylic acids is 1. The molecule has 2 heterocycles. The van der Waals surface area contributed by atoms with Crippen LogP contribution in [0.3, 0.4) is 0 Å². The Bertz CT molecular complexity index is 1250. The number of ether oxygens (including phenoxy) is 7. The monoisotopic (exact) mass is 660 g/mol. The number of unbranched alkanes of at least 4 members (excludes halogenated alkanes) is 1. The van der Waals surface area contributed by atoms with E-state index in [2.05, 4.69) is 6.92 Å². The van der Waals surface area contributed by atoms with Crippen LogP contribution >= 0.6 is 11.8 Å². The number of thioether (sulfide) groups is 1. The van der Waals surface area contributed by atoms with Gasteiger partial charge in [0, 0.05) is 6.61 Å². The molecule has 1 N–H and O–H groups in total. The maximum Gasteiger partial charge on any atom is 0.416 e.